The molecule has 6 heteroatoms. The summed E-state index contributed by atoms with van der Waals surface area (Å²) in [4.78, 5) is 3.99. The van der Waals surface area contributed by atoms with E-state index < -0.39 is 9.05 Å². The van der Waals surface area contributed by atoms with Crippen LogP contribution in [0.1, 0.15) is 22.9 Å². The zero-order valence-electron chi connectivity index (χ0n) is 10.4. The molecule has 0 aliphatic heterocycles. The highest BCUT2D eigenvalue weighted by atomic mass is 35.7. The SMILES string of the molecule is Cc1nc(S(=O)(=O)Cl)cn1CC1Cc2ccccc21. The second kappa shape index (κ2) is 4.35. The van der Waals surface area contributed by atoms with Crippen LogP contribution in [0.4, 0.5) is 0 Å². The van der Waals surface area contributed by atoms with E-state index in [1.54, 1.807) is 6.92 Å². The van der Waals surface area contributed by atoms with Gasteiger partial charge in [-0.3, -0.25) is 0 Å². The lowest BCUT2D eigenvalue weighted by molar-refractivity contribution is 0.501. The summed E-state index contributed by atoms with van der Waals surface area (Å²) < 4.78 is 24.4. The summed E-state index contributed by atoms with van der Waals surface area (Å²) in [5.74, 6) is 1.10. The zero-order chi connectivity index (χ0) is 13.6. The Bertz CT molecular complexity index is 737. The Morgan fingerprint density at radius 1 is 1.42 bits per heavy atom. The molecule has 19 heavy (non-hydrogen) atoms. The van der Waals surface area contributed by atoms with Crippen LogP contribution in [0.2, 0.25) is 0 Å². The predicted octanol–water partition coefficient (Wildman–Crippen LogP) is 2.46. The van der Waals surface area contributed by atoms with E-state index in [0.717, 1.165) is 13.0 Å². The van der Waals surface area contributed by atoms with Gasteiger partial charge < -0.3 is 4.57 Å². The number of benzene rings is 1. The molecule has 0 N–H and O–H groups in total. The lowest BCUT2D eigenvalue weighted by atomic mass is 9.77. The number of imidazole rings is 1. The minimum atomic E-state index is -3.75. The van der Waals surface area contributed by atoms with Crippen molar-refractivity contribution in [2.24, 2.45) is 0 Å². The number of fused-ring (bicyclic) bond motifs is 1. The first-order chi connectivity index (χ1) is 8.95. The van der Waals surface area contributed by atoms with Crippen molar-refractivity contribution in [3.63, 3.8) is 0 Å². The molecule has 1 aromatic heterocycles. The molecule has 1 unspecified atom stereocenters. The molecule has 0 saturated heterocycles. The third-order valence-electron chi connectivity index (χ3n) is 3.58. The van der Waals surface area contributed by atoms with Crippen molar-refractivity contribution in [3.8, 4) is 0 Å². The van der Waals surface area contributed by atoms with E-state index in [1.165, 1.54) is 17.3 Å². The molecule has 2 aromatic rings. The Morgan fingerprint density at radius 3 is 2.79 bits per heavy atom. The maximum absolute atomic E-state index is 11.3. The molecule has 4 nitrogen and oxygen atoms in total. The summed E-state index contributed by atoms with van der Waals surface area (Å²) in [6.07, 6.45) is 2.54. The van der Waals surface area contributed by atoms with Gasteiger partial charge >= 0.3 is 0 Å². The number of nitrogens with zero attached hydrogens (tertiary/aromatic N) is 2. The topological polar surface area (TPSA) is 52.0 Å². The van der Waals surface area contributed by atoms with Gasteiger partial charge in [-0.15, -0.1) is 0 Å². The molecule has 1 atom stereocenters. The van der Waals surface area contributed by atoms with Crippen molar-refractivity contribution in [1.82, 2.24) is 9.55 Å². The van der Waals surface area contributed by atoms with Crippen molar-refractivity contribution in [1.29, 1.82) is 0 Å². The van der Waals surface area contributed by atoms with E-state index in [0.29, 0.717) is 11.7 Å². The van der Waals surface area contributed by atoms with Gasteiger partial charge in [-0.2, -0.15) is 0 Å². The van der Waals surface area contributed by atoms with E-state index in [2.05, 4.69) is 17.1 Å². The first kappa shape index (κ1) is 12.7. The Kier molecular flexibility index (Phi) is 2.91. The summed E-state index contributed by atoms with van der Waals surface area (Å²) in [5.41, 5.74) is 2.71. The predicted molar refractivity (Wildman–Crippen MR) is 72.9 cm³/mol. The quantitative estimate of drug-likeness (QED) is 0.818. The van der Waals surface area contributed by atoms with E-state index in [1.807, 2.05) is 16.7 Å². The van der Waals surface area contributed by atoms with Gasteiger partial charge in [-0.05, 0) is 24.5 Å². The molecule has 0 bridgehead atoms. The molecule has 100 valence electrons. The van der Waals surface area contributed by atoms with Crippen LogP contribution in [-0.2, 0) is 22.0 Å². The zero-order valence-corrected chi connectivity index (χ0v) is 11.9. The lowest BCUT2D eigenvalue weighted by Crippen LogP contribution is -2.22. The minimum Gasteiger partial charge on any atom is -0.333 e. The lowest BCUT2D eigenvalue weighted by Gasteiger charge is -2.30. The monoisotopic (exact) mass is 296 g/mol. The van der Waals surface area contributed by atoms with Crippen molar-refractivity contribution in [3.05, 3.63) is 47.4 Å². The fraction of sp³-hybridized carbons (Fsp3) is 0.308. The fourth-order valence-electron chi connectivity index (χ4n) is 2.54. The smallest absolute Gasteiger partial charge is 0.280 e. The molecule has 1 aromatic carbocycles. The van der Waals surface area contributed by atoms with Gasteiger partial charge in [0.1, 0.15) is 5.82 Å². The number of hydrogen-bond donors (Lipinski definition) is 0. The van der Waals surface area contributed by atoms with Crippen molar-refractivity contribution in [2.75, 3.05) is 0 Å². The number of aryl methyl sites for hydroxylation is 1. The minimum absolute atomic E-state index is 0.0701. The first-order valence-electron chi connectivity index (χ1n) is 6.01. The molecule has 0 amide bonds. The Hall–Kier alpha value is -1.33. The molecule has 0 fully saturated rings. The fourth-order valence-corrected chi connectivity index (χ4v) is 3.26. The second-order valence-corrected chi connectivity index (χ2v) is 7.33. The van der Waals surface area contributed by atoms with E-state index in [4.69, 9.17) is 10.7 Å². The van der Waals surface area contributed by atoms with Gasteiger partial charge in [0, 0.05) is 29.3 Å². The maximum atomic E-state index is 11.3. The van der Waals surface area contributed by atoms with Crippen LogP contribution >= 0.6 is 10.7 Å². The molecule has 0 spiro atoms. The highest BCUT2D eigenvalue weighted by Crippen LogP contribution is 2.36. The number of hydrogen-bond acceptors (Lipinski definition) is 3. The molecular weight excluding hydrogens is 284 g/mol. The number of rotatable bonds is 3. The van der Waals surface area contributed by atoms with Crippen LogP contribution in [0.5, 0.6) is 0 Å². The Balaban J connectivity index is 1.85. The van der Waals surface area contributed by atoms with Crippen LogP contribution in [0.3, 0.4) is 0 Å². The van der Waals surface area contributed by atoms with Crippen LogP contribution in [0, 0.1) is 6.92 Å². The van der Waals surface area contributed by atoms with Gasteiger partial charge in [0.05, 0.1) is 0 Å². The van der Waals surface area contributed by atoms with E-state index in [-0.39, 0.29) is 5.03 Å². The van der Waals surface area contributed by atoms with Crippen LogP contribution in [-0.4, -0.2) is 18.0 Å². The van der Waals surface area contributed by atoms with Crippen molar-refractivity contribution in [2.45, 2.75) is 30.8 Å². The molecule has 1 aliphatic rings. The number of aromatic nitrogens is 2. The van der Waals surface area contributed by atoms with E-state index in [9.17, 15) is 8.42 Å². The van der Waals surface area contributed by atoms with Crippen LogP contribution in [0.15, 0.2) is 35.5 Å². The standard InChI is InChI=1S/C13H13ClN2O2S/c1-9-15-13(19(14,17)18)8-16(9)7-11-6-10-4-2-3-5-12(10)11/h2-5,8,11H,6-7H2,1H3. The second-order valence-electron chi connectivity index (χ2n) is 4.82. The van der Waals surface area contributed by atoms with Gasteiger partial charge in [-0.1, -0.05) is 24.3 Å². The highest BCUT2D eigenvalue weighted by Gasteiger charge is 2.26. The highest BCUT2D eigenvalue weighted by molar-refractivity contribution is 8.13. The summed E-state index contributed by atoms with van der Waals surface area (Å²) in [7, 11) is 1.56. The summed E-state index contributed by atoms with van der Waals surface area (Å²) >= 11 is 0. The molecule has 3 rings (SSSR count). The summed E-state index contributed by atoms with van der Waals surface area (Å²) in [6.45, 7) is 2.53. The molecule has 0 radical (unpaired) electrons. The van der Waals surface area contributed by atoms with Gasteiger partial charge in [0.15, 0.2) is 5.03 Å². The molecule has 0 saturated carbocycles. The molecular formula is C13H13ClN2O2S. The maximum Gasteiger partial charge on any atom is 0.280 e. The normalized spacial score (nSPS) is 17.9. The third kappa shape index (κ3) is 2.28. The average Bonchev–Trinajstić information content (AvgIpc) is 2.68. The van der Waals surface area contributed by atoms with Gasteiger partial charge in [-0.25, -0.2) is 13.4 Å². The summed E-state index contributed by atoms with van der Waals surface area (Å²) in [6, 6.07) is 8.31. The van der Waals surface area contributed by atoms with Gasteiger partial charge in [0.25, 0.3) is 9.05 Å². The average molecular weight is 297 g/mol. The summed E-state index contributed by atoms with van der Waals surface area (Å²) in [5, 5.41) is -0.0701. The Morgan fingerprint density at radius 2 is 2.16 bits per heavy atom. The van der Waals surface area contributed by atoms with E-state index >= 15 is 0 Å². The molecule has 1 heterocycles. The number of halogens is 1. The van der Waals surface area contributed by atoms with Crippen LogP contribution < -0.4 is 0 Å². The van der Waals surface area contributed by atoms with Crippen molar-refractivity contribution >= 4 is 19.7 Å². The Labute approximate surface area is 116 Å². The third-order valence-corrected chi connectivity index (χ3v) is 4.75. The van der Waals surface area contributed by atoms with Gasteiger partial charge in [0.2, 0.25) is 0 Å². The van der Waals surface area contributed by atoms with Crippen LogP contribution in [0.25, 0.3) is 0 Å². The molecule has 1 aliphatic carbocycles. The van der Waals surface area contributed by atoms with Crippen molar-refractivity contribution < 1.29 is 8.42 Å². The largest absolute Gasteiger partial charge is 0.333 e. The first-order valence-corrected chi connectivity index (χ1v) is 8.32.